The van der Waals surface area contributed by atoms with Gasteiger partial charge >= 0.3 is 5.97 Å². The summed E-state index contributed by atoms with van der Waals surface area (Å²) in [6.07, 6.45) is 2.91. The lowest BCUT2D eigenvalue weighted by Crippen LogP contribution is -2.07. The van der Waals surface area contributed by atoms with Gasteiger partial charge in [0.05, 0.1) is 11.5 Å². The van der Waals surface area contributed by atoms with Crippen molar-refractivity contribution in [2.45, 2.75) is 19.8 Å². The fourth-order valence-corrected chi connectivity index (χ4v) is 2.62. The Balaban J connectivity index is 2.22. The summed E-state index contributed by atoms with van der Waals surface area (Å²) in [6, 6.07) is 9.34. The van der Waals surface area contributed by atoms with Crippen LogP contribution in [0.15, 0.2) is 44.8 Å². The van der Waals surface area contributed by atoms with E-state index in [1.807, 2.05) is 6.92 Å². The van der Waals surface area contributed by atoms with Crippen LogP contribution in [0.4, 0.5) is 5.69 Å². The van der Waals surface area contributed by atoms with E-state index in [1.165, 1.54) is 18.2 Å². The first kappa shape index (κ1) is 19.4. The van der Waals surface area contributed by atoms with Crippen molar-refractivity contribution >= 4 is 33.7 Å². The van der Waals surface area contributed by atoms with Crippen LogP contribution < -0.4 is 0 Å². The lowest BCUT2D eigenvalue weighted by atomic mass is 10.1. The number of carbonyl (C=O) groups excluding carboxylic acids is 1. The van der Waals surface area contributed by atoms with Crippen molar-refractivity contribution in [3.63, 3.8) is 0 Å². The molecule has 2 rings (SSSR count). The predicted molar refractivity (Wildman–Crippen MR) is 98.0 cm³/mol. The highest BCUT2D eigenvalue weighted by Gasteiger charge is 2.15. The minimum Gasteiger partial charge on any atom is -0.462 e. The van der Waals surface area contributed by atoms with E-state index in [1.54, 1.807) is 24.3 Å². The van der Waals surface area contributed by atoms with Crippen molar-refractivity contribution in [2.24, 2.45) is 0 Å². The lowest BCUT2D eigenvalue weighted by molar-refractivity contribution is -0.384. The van der Waals surface area contributed by atoms with Crippen LogP contribution in [0.3, 0.4) is 0 Å². The highest BCUT2D eigenvalue weighted by molar-refractivity contribution is 9.10. The number of nitrogens with zero attached hydrogens (tertiary/aromatic N) is 2. The molecule has 1 aromatic heterocycles. The van der Waals surface area contributed by atoms with E-state index in [2.05, 4.69) is 15.9 Å². The van der Waals surface area contributed by atoms with Gasteiger partial charge in [0.2, 0.25) is 0 Å². The van der Waals surface area contributed by atoms with Crippen molar-refractivity contribution in [2.75, 3.05) is 6.61 Å². The summed E-state index contributed by atoms with van der Waals surface area (Å²) >= 11 is 3.28. The number of hydrogen-bond donors (Lipinski definition) is 0. The number of esters is 1. The third-order valence-corrected chi connectivity index (χ3v) is 4.07. The number of furan rings is 1. The molecule has 0 aliphatic rings. The maximum Gasteiger partial charge on any atom is 0.349 e. The average Bonchev–Trinajstić information content (AvgIpc) is 3.07. The minimum atomic E-state index is -0.699. The quantitative estimate of drug-likeness (QED) is 0.158. The van der Waals surface area contributed by atoms with Gasteiger partial charge in [-0.3, -0.25) is 10.1 Å². The highest BCUT2D eigenvalue weighted by atomic mass is 79.9. The number of rotatable bonds is 7. The smallest absolute Gasteiger partial charge is 0.349 e. The first-order valence-corrected chi connectivity index (χ1v) is 8.58. The van der Waals surface area contributed by atoms with Gasteiger partial charge in [-0.15, -0.1) is 0 Å². The molecular formula is C18H15BrN2O5. The van der Waals surface area contributed by atoms with E-state index in [0.717, 1.165) is 12.8 Å². The molecule has 0 fully saturated rings. The molecule has 0 unspecified atom stereocenters. The molecule has 0 bridgehead atoms. The summed E-state index contributed by atoms with van der Waals surface area (Å²) in [5.74, 6) is 0.0410. The number of nitro groups is 1. The van der Waals surface area contributed by atoms with Gasteiger partial charge in [-0.2, -0.15) is 5.26 Å². The summed E-state index contributed by atoms with van der Waals surface area (Å²) in [5, 5.41) is 19.9. The van der Waals surface area contributed by atoms with Crippen LogP contribution in [-0.2, 0) is 9.53 Å². The standard InChI is InChI=1S/C18H15BrN2O5/c1-2-3-8-25-18(22)12(11-20)9-14-5-7-17(26-14)15-6-4-13(21(23)24)10-16(15)19/h4-7,9-10H,2-3,8H2,1H3/b12-9+. The monoisotopic (exact) mass is 418 g/mol. The summed E-state index contributed by atoms with van der Waals surface area (Å²) in [4.78, 5) is 22.2. The van der Waals surface area contributed by atoms with Gasteiger partial charge in [-0.05, 0) is 40.5 Å². The van der Waals surface area contributed by atoms with Crippen LogP contribution in [0.5, 0.6) is 0 Å². The molecule has 0 saturated carbocycles. The Morgan fingerprint density at radius 1 is 1.42 bits per heavy atom. The number of benzene rings is 1. The zero-order chi connectivity index (χ0) is 19.1. The minimum absolute atomic E-state index is 0.0473. The molecule has 134 valence electrons. The SMILES string of the molecule is CCCCOC(=O)/C(C#N)=C/c1ccc(-c2ccc([N+](=O)[O-])cc2Br)o1. The average molecular weight is 419 g/mol. The largest absolute Gasteiger partial charge is 0.462 e. The third kappa shape index (κ3) is 4.80. The molecule has 26 heavy (non-hydrogen) atoms. The maximum absolute atomic E-state index is 11.9. The number of nitriles is 1. The van der Waals surface area contributed by atoms with Gasteiger partial charge < -0.3 is 9.15 Å². The Bertz CT molecular complexity index is 895. The molecule has 0 aliphatic heterocycles. The maximum atomic E-state index is 11.9. The van der Waals surface area contributed by atoms with Crippen LogP contribution in [-0.4, -0.2) is 17.5 Å². The van der Waals surface area contributed by atoms with Crippen molar-refractivity contribution in [1.29, 1.82) is 5.26 Å². The Kier molecular flexibility index (Phi) is 6.69. The van der Waals surface area contributed by atoms with E-state index < -0.39 is 10.9 Å². The zero-order valence-corrected chi connectivity index (χ0v) is 15.5. The fraction of sp³-hybridized carbons (Fsp3) is 0.222. The van der Waals surface area contributed by atoms with Crippen LogP contribution in [0, 0.1) is 21.4 Å². The normalized spacial score (nSPS) is 11.0. The molecule has 1 aromatic carbocycles. The summed E-state index contributed by atoms with van der Waals surface area (Å²) in [7, 11) is 0. The molecule has 0 aliphatic carbocycles. The molecule has 0 amide bonds. The Morgan fingerprint density at radius 3 is 2.81 bits per heavy atom. The van der Waals surface area contributed by atoms with Gasteiger partial charge in [0, 0.05) is 28.2 Å². The molecule has 0 spiro atoms. The number of nitro benzene ring substituents is 1. The molecule has 0 atom stereocenters. The zero-order valence-electron chi connectivity index (χ0n) is 13.9. The predicted octanol–water partition coefficient (Wildman–Crippen LogP) is 4.87. The highest BCUT2D eigenvalue weighted by Crippen LogP contribution is 2.33. The van der Waals surface area contributed by atoms with E-state index in [4.69, 9.17) is 14.4 Å². The molecular weight excluding hydrogens is 404 g/mol. The molecule has 7 nitrogen and oxygen atoms in total. The van der Waals surface area contributed by atoms with Crippen molar-refractivity contribution in [1.82, 2.24) is 0 Å². The Hall–Kier alpha value is -2.92. The lowest BCUT2D eigenvalue weighted by Gasteiger charge is -2.02. The van der Waals surface area contributed by atoms with Gasteiger partial charge in [-0.25, -0.2) is 4.79 Å². The number of non-ortho nitro benzene ring substituents is 1. The molecule has 2 aromatic rings. The molecule has 0 saturated heterocycles. The topological polar surface area (TPSA) is 106 Å². The second-order valence-electron chi connectivity index (χ2n) is 5.28. The molecule has 8 heteroatoms. The number of unbranched alkanes of at least 4 members (excludes halogenated alkanes) is 1. The molecule has 0 radical (unpaired) electrons. The van der Waals surface area contributed by atoms with Gasteiger partial charge in [0.15, 0.2) is 0 Å². The number of ether oxygens (including phenoxy) is 1. The van der Waals surface area contributed by atoms with Crippen molar-refractivity contribution in [3.8, 4) is 17.4 Å². The first-order chi connectivity index (χ1) is 12.5. The van der Waals surface area contributed by atoms with Crippen molar-refractivity contribution in [3.05, 3.63) is 56.3 Å². The van der Waals surface area contributed by atoms with Crippen LogP contribution >= 0.6 is 15.9 Å². The first-order valence-electron chi connectivity index (χ1n) is 7.79. The molecule has 1 heterocycles. The Morgan fingerprint density at radius 2 is 2.19 bits per heavy atom. The second kappa shape index (κ2) is 8.97. The van der Waals surface area contributed by atoms with Gasteiger partial charge in [-0.1, -0.05) is 13.3 Å². The summed E-state index contributed by atoms with van der Waals surface area (Å²) in [6.45, 7) is 2.23. The van der Waals surface area contributed by atoms with Crippen LogP contribution in [0.2, 0.25) is 0 Å². The van der Waals surface area contributed by atoms with E-state index in [9.17, 15) is 14.9 Å². The summed E-state index contributed by atoms with van der Waals surface area (Å²) < 4.78 is 11.1. The molecule has 0 N–H and O–H groups in total. The van der Waals surface area contributed by atoms with Crippen molar-refractivity contribution < 1.29 is 18.9 Å². The fourth-order valence-electron chi connectivity index (χ4n) is 2.06. The number of hydrogen-bond acceptors (Lipinski definition) is 6. The van der Waals surface area contributed by atoms with E-state index >= 15 is 0 Å². The van der Waals surface area contributed by atoms with Gasteiger partial charge in [0.25, 0.3) is 5.69 Å². The van der Waals surface area contributed by atoms with E-state index in [-0.39, 0.29) is 17.9 Å². The van der Waals surface area contributed by atoms with Gasteiger partial charge in [0.1, 0.15) is 23.2 Å². The third-order valence-electron chi connectivity index (χ3n) is 3.41. The van der Waals surface area contributed by atoms with Crippen LogP contribution in [0.25, 0.3) is 17.4 Å². The summed E-state index contributed by atoms with van der Waals surface area (Å²) in [5.41, 5.74) is 0.401. The number of halogens is 1. The second-order valence-corrected chi connectivity index (χ2v) is 6.14. The van der Waals surface area contributed by atoms with Crippen LogP contribution in [0.1, 0.15) is 25.5 Å². The van der Waals surface area contributed by atoms with E-state index in [0.29, 0.717) is 21.6 Å². The number of carbonyl (C=O) groups is 1. The Labute approximate surface area is 158 Å².